The lowest BCUT2D eigenvalue weighted by Gasteiger charge is -2.04. The Bertz CT molecular complexity index is 542. The van der Waals surface area contributed by atoms with Crippen LogP contribution in [-0.4, -0.2) is 11.3 Å². The Labute approximate surface area is 100 Å². The number of carbonyl (C=O) groups excluding carboxylic acids is 1. The van der Waals surface area contributed by atoms with Gasteiger partial charge in [0.15, 0.2) is 6.29 Å². The fourth-order valence-corrected chi connectivity index (χ4v) is 1.66. The average molecular weight is 280 g/mol. The maximum Gasteiger partial charge on any atom is 0.150 e. The van der Waals surface area contributed by atoms with Crippen LogP contribution in [0.2, 0.25) is 0 Å². The molecule has 0 atom stereocenters. The molecule has 0 saturated carbocycles. The van der Waals surface area contributed by atoms with Gasteiger partial charge in [-0.25, -0.2) is 4.39 Å². The van der Waals surface area contributed by atoms with Crippen LogP contribution in [-0.2, 0) is 0 Å². The lowest BCUT2D eigenvalue weighted by Crippen LogP contribution is -1.89. The number of benzene rings is 1. The molecule has 2 aromatic rings. The molecule has 0 radical (unpaired) electrons. The standard InChI is InChI=1S/C12H7BrFNO/c13-11-2-1-8(5-12(11)14)10-6-15-4-3-9(10)7-16/h1-7H. The van der Waals surface area contributed by atoms with E-state index in [1.807, 2.05) is 0 Å². The molecule has 1 heterocycles. The first-order valence-electron chi connectivity index (χ1n) is 4.57. The van der Waals surface area contributed by atoms with Gasteiger partial charge in [-0.05, 0) is 39.7 Å². The van der Waals surface area contributed by atoms with Crippen LogP contribution < -0.4 is 0 Å². The van der Waals surface area contributed by atoms with Crippen molar-refractivity contribution in [2.45, 2.75) is 0 Å². The summed E-state index contributed by atoms with van der Waals surface area (Å²) < 4.78 is 13.7. The summed E-state index contributed by atoms with van der Waals surface area (Å²) in [4.78, 5) is 14.8. The third-order valence-electron chi connectivity index (χ3n) is 2.21. The molecule has 1 aromatic heterocycles. The van der Waals surface area contributed by atoms with Gasteiger partial charge in [0.05, 0.1) is 4.47 Å². The van der Waals surface area contributed by atoms with Gasteiger partial charge in [0.1, 0.15) is 5.82 Å². The van der Waals surface area contributed by atoms with Gasteiger partial charge in [-0.2, -0.15) is 0 Å². The summed E-state index contributed by atoms with van der Waals surface area (Å²) in [5, 5.41) is 0. The van der Waals surface area contributed by atoms with E-state index in [0.29, 0.717) is 21.2 Å². The molecule has 0 spiro atoms. The van der Waals surface area contributed by atoms with Gasteiger partial charge in [-0.1, -0.05) is 6.07 Å². The molecule has 0 saturated heterocycles. The van der Waals surface area contributed by atoms with E-state index in [0.717, 1.165) is 6.29 Å². The van der Waals surface area contributed by atoms with Gasteiger partial charge in [0, 0.05) is 23.5 Å². The summed E-state index contributed by atoms with van der Waals surface area (Å²) >= 11 is 3.08. The smallest absolute Gasteiger partial charge is 0.150 e. The van der Waals surface area contributed by atoms with Crippen LogP contribution in [0.25, 0.3) is 11.1 Å². The van der Waals surface area contributed by atoms with E-state index < -0.39 is 0 Å². The molecule has 0 aliphatic heterocycles. The lowest BCUT2D eigenvalue weighted by molar-refractivity contribution is 0.112. The number of hydrogen-bond donors (Lipinski definition) is 0. The molecule has 2 rings (SSSR count). The SMILES string of the molecule is O=Cc1ccncc1-c1ccc(Br)c(F)c1. The molecule has 16 heavy (non-hydrogen) atoms. The normalized spacial score (nSPS) is 10.1. The Balaban J connectivity index is 2.58. The van der Waals surface area contributed by atoms with Crippen molar-refractivity contribution < 1.29 is 9.18 Å². The van der Waals surface area contributed by atoms with Crippen molar-refractivity contribution >= 4 is 22.2 Å². The van der Waals surface area contributed by atoms with Crippen molar-refractivity contribution in [3.63, 3.8) is 0 Å². The Kier molecular flexibility index (Phi) is 3.10. The number of hydrogen-bond acceptors (Lipinski definition) is 2. The predicted octanol–water partition coefficient (Wildman–Crippen LogP) is 3.46. The number of aromatic nitrogens is 1. The van der Waals surface area contributed by atoms with E-state index in [-0.39, 0.29) is 5.82 Å². The minimum Gasteiger partial charge on any atom is -0.298 e. The number of halogens is 2. The van der Waals surface area contributed by atoms with Crippen molar-refractivity contribution in [2.75, 3.05) is 0 Å². The molecule has 0 aliphatic carbocycles. The second kappa shape index (κ2) is 4.53. The van der Waals surface area contributed by atoms with Crippen molar-refractivity contribution in [2.24, 2.45) is 0 Å². The third-order valence-corrected chi connectivity index (χ3v) is 2.86. The van der Waals surface area contributed by atoms with Crippen LogP contribution in [0.1, 0.15) is 10.4 Å². The van der Waals surface area contributed by atoms with Crippen molar-refractivity contribution in [1.29, 1.82) is 0 Å². The zero-order chi connectivity index (χ0) is 11.5. The van der Waals surface area contributed by atoms with Crippen LogP contribution in [0.3, 0.4) is 0 Å². The first-order chi connectivity index (χ1) is 7.72. The zero-order valence-electron chi connectivity index (χ0n) is 8.15. The molecule has 0 amide bonds. The highest BCUT2D eigenvalue weighted by atomic mass is 79.9. The molecular weight excluding hydrogens is 273 g/mol. The summed E-state index contributed by atoms with van der Waals surface area (Å²) in [6.07, 6.45) is 3.81. The van der Waals surface area contributed by atoms with E-state index in [4.69, 9.17) is 0 Å². The van der Waals surface area contributed by atoms with Gasteiger partial charge >= 0.3 is 0 Å². The summed E-state index contributed by atoms with van der Waals surface area (Å²) in [7, 11) is 0. The fourth-order valence-electron chi connectivity index (χ4n) is 1.41. The van der Waals surface area contributed by atoms with Gasteiger partial charge in [-0.3, -0.25) is 9.78 Å². The van der Waals surface area contributed by atoms with Gasteiger partial charge in [0.25, 0.3) is 0 Å². The zero-order valence-corrected chi connectivity index (χ0v) is 9.74. The molecule has 1 aromatic carbocycles. The van der Waals surface area contributed by atoms with Crippen molar-refractivity contribution in [1.82, 2.24) is 4.98 Å². The topological polar surface area (TPSA) is 30.0 Å². The van der Waals surface area contributed by atoms with E-state index in [1.165, 1.54) is 12.3 Å². The summed E-state index contributed by atoms with van der Waals surface area (Å²) in [6.45, 7) is 0. The molecule has 0 N–H and O–H groups in total. The Morgan fingerprint density at radius 3 is 2.81 bits per heavy atom. The number of rotatable bonds is 2. The molecular formula is C12H7BrFNO. The highest BCUT2D eigenvalue weighted by Gasteiger charge is 2.07. The molecule has 0 unspecified atom stereocenters. The molecule has 0 aliphatic rings. The Morgan fingerprint density at radius 2 is 2.12 bits per heavy atom. The number of aldehydes is 1. The summed E-state index contributed by atoms with van der Waals surface area (Å²) in [5.74, 6) is -0.363. The maximum absolute atomic E-state index is 13.3. The molecule has 0 bridgehead atoms. The molecule has 80 valence electrons. The van der Waals surface area contributed by atoms with Crippen molar-refractivity contribution in [3.05, 3.63) is 52.5 Å². The number of carbonyl (C=O) groups is 1. The predicted molar refractivity (Wildman–Crippen MR) is 62.7 cm³/mol. The van der Waals surface area contributed by atoms with Gasteiger partial charge in [-0.15, -0.1) is 0 Å². The quantitative estimate of drug-likeness (QED) is 0.788. The van der Waals surface area contributed by atoms with E-state index in [1.54, 1.807) is 24.4 Å². The number of nitrogens with zero attached hydrogens (tertiary/aromatic N) is 1. The van der Waals surface area contributed by atoms with Crippen LogP contribution >= 0.6 is 15.9 Å². The van der Waals surface area contributed by atoms with E-state index in [2.05, 4.69) is 20.9 Å². The van der Waals surface area contributed by atoms with Crippen LogP contribution in [0, 0.1) is 5.82 Å². The largest absolute Gasteiger partial charge is 0.298 e. The summed E-state index contributed by atoms with van der Waals surface area (Å²) in [6, 6.07) is 6.31. The van der Waals surface area contributed by atoms with Crippen LogP contribution in [0.4, 0.5) is 4.39 Å². The van der Waals surface area contributed by atoms with Crippen molar-refractivity contribution in [3.8, 4) is 11.1 Å². The summed E-state index contributed by atoms with van der Waals surface area (Å²) in [5.41, 5.74) is 1.76. The maximum atomic E-state index is 13.3. The molecule has 4 heteroatoms. The van der Waals surface area contributed by atoms with E-state index >= 15 is 0 Å². The lowest BCUT2D eigenvalue weighted by atomic mass is 10.0. The number of pyridine rings is 1. The first-order valence-corrected chi connectivity index (χ1v) is 5.36. The van der Waals surface area contributed by atoms with Crippen LogP contribution in [0.5, 0.6) is 0 Å². The molecule has 2 nitrogen and oxygen atoms in total. The van der Waals surface area contributed by atoms with Gasteiger partial charge in [0.2, 0.25) is 0 Å². The average Bonchev–Trinajstić information content (AvgIpc) is 2.32. The second-order valence-corrected chi connectivity index (χ2v) is 4.06. The monoisotopic (exact) mass is 279 g/mol. The Morgan fingerprint density at radius 1 is 1.31 bits per heavy atom. The molecule has 0 fully saturated rings. The minimum absolute atomic E-state index is 0.363. The first kappa shape index (κ1) is 11.0. The fraction of sp³-hybridized carbons (Fsp3) is 0. The van der Waals surface area contributed by atoms with Gasteiger partial charge < -0.3 is 0 Å². The van der Waals surface area contributed by atoms with E-state index in [9.17, 15) is 9.18 Å². The van der Waals surface area contributed by atoms with Crippen LogP contribution in [0.15, 0.2) is 41.1 Å². The minimum atomic E-state index is -0.363. The Hall–Kier alpha value is -1.55. The highest BCUT2D eigenvalue weighted by Crippen LogP contribution is 2.25. The highest BCUT2D eigenvalue weighted by molar-refractivity contribution is 9.10. The third kappa shape index (κ3) is 2.02. The second-order valence-electron chi connectivity index (χ2n) is 3.21.